The van der Waals surface area contributed by atoms with Crippen LogP contribution < -0.4 is 0 Å². The lowest BCUT2D eigenvalue weighted by molar-refractivity contribution is -0.159. The number of hydrogen-bond donors (Lipinski definition) is 0. The van der Waals surface area contributed by atoms with Gasteiger partial charge >= 0.3 is 11.9 Å². The summed E-state index contributed by atoms with van der Waals surface area (Å²) in [5.41, 5.74) is -0.0750. The summed E-state index contributed by atoms with van der Waals surface area (Å²) >= 11 is 0. The van der Waals surface area contributed by atoms with E-state index in [9.17, 15) is 9.59 Å². The summed E-state index contributed by atoms with van der Waals surface area (Å²) in [5.74, 6) is -0.314. The smallest absolute Gasteiger partial charge is 0.309 e. The van der Waals surface area contributed by atoms with Crippen LogP contribution in [0.25, 0.3) is 0 Å². The van der Waals surface area contributed by atoms with Gasteiger partial charge in [0.25, 0.3) is 0 Å². The number of unbranched alkanes of at least 4 members (excludes halogenated alkanes) is 1. The summed E-state index contributed by atoms with van der Waals surface area (Å²) in [6.07, 6.45) is 5.00. The van der Waals surface area contributed by atoms with Gasteiger partial charge in [0.15, 0.2) is 0 Å². The number of likely N-dealkylation sites (tertiary alicyclic amines) is 2. The second-order valence-electron chi connectivity index (χ2n) is 12.6. The Labute approximate surface area is 196 Å². The quantitative estimate of drug-likeness (QED) is 0.409. The second kappa shape index (κ2) is 9.61. The van der Waals surface area contributed by atoms with Gasteiger partial charge in [0.05, 0.1) is 12.5 Å². The number of piperidine rings is 2. The molecular formula is C26H48N2O4. The van der Waals surface area contributed by atoms with E-state index in [0.717, 1.165) is 25.7 Å². The first-order valence-electron chi connectivity index (χ1n) is 12.3. The molecule has 0 N–H and O–H groups in total. The first-order chi connectivity index (χ1) is 14.5. The highest BCUT2D eigenvalue weighted by molar-refractivity contribution is 5.73. The summed E-state index contributed by atoms with van der Waals surface area (Å²) in [6.45, 7) is 17.9. The molecule has 0 unspecified atom stereocenters. The van der Waals surface area contributed by atoms with Crippen molar-refractivity contribution in [2.45, 2.75) is 129 Å². The van der Waals surface area contributed by atoms with Crippen molar-refractivity contribution in [1.29, 1.82) is 0 Å². The topological polar surface area (TPSA) is 59.1 Å². The van der Waals surface area contributed by atoms with Gasteiger partial charge in [0.2, 0.25) is 0 Å². The van der Waals surface area contributed by atoms with Crippen molar-refractivity contribution in [3.63, 3.8) is 0 Å². The highest BCUT2D eigenvalue weighted by atomic mass is 16.5. The van der Waals surface area contributed by atoms with Gasteiger partial charge in [-0.25, -0.2) is 0 Å². The fourth-order valence-electron chi connectivity index (χ4n) is 5.81. The van der Waals surface area contributed by atoms with Crippen LogP contribution in [0.5, 0.6) is 0 Å². The minimum atomic E-state index is -0.142. The minimum absolute atomic E-state index is 0.00203. The molecule has 0 aromatic carbocycles. The maximum Gasteiger partial charge on any atom is 0.309 e. The number of nitrogens with zero attached hydrogens (tertiary/aromatic N) is 2. The number of carbonyl (C=O) groups is 2. The van der Waals surface area contributed by atoms with Crippen LogP contribution in [0.15, 0.2) is 0 Å². The summed E-state index contributed by atoms with van der Waals surface area (Å²) in [6, 6.07) is 0. The number of carbonyl (C=O) groups excluding carboxylic acids is 2. The van der Waals surface area contributed by atoms with Gasteiger partial charge in [-0.05, 0) is 95.2 Å². The fraction of sp³-hybridized carbons (Fsp3) is 0.923. The highest BCUT2D eigenvalue weighted by Crippen LogP contribution is 2.41. The molecule has 2 rings (SSSR count). The van der Waals surface area contributed by atoms with Crippen molar-refractivity contribution < 1.29 is 19.1 Å². The zero-order valence-corrected chi connectivity index (χ0v) is 22.3. The van der Waals surface area contributed by atoms with Crippen LogP contribution in [0, 0.1) is 5.92 Å². The Bertz CT molecular complexity index is 647. The second-order valence-corrected chi connectivity index (χ2v) is 12.6. The standard InChI is InChI=1S/C26H48N2O4/c1-23(2)15-19(16-24(3,4)27(23)9)22(30)31-14-12-11-13-21(29)32-20-17-25(5,6)28(10)26(7,8)18-20/h19-20H,11-18H2,1-10H3. The minimum Gasteiger partial charge on any atom is -0.465 e. The third-order valence-corrected chi connectivity index (χ3v) is 8.23. The molecule has 2 aliphatic heterocycles. The monoisotopic (exact) mass is 452 g/mol. The van der Waals surface area contributed by atoms with Crippen molar-refractivity contribution >= 4 is 11.9 Å². The number of ether oxygens (including phenoxy) is 2. The molecule has 2 aliphatic rings. The van der Waals surface area contributed by atoms with Crippen molar-refractivity contribution in [3.8, 4) is 0 Å². The average Bonchev–Trinajstić information content (AvgIpc) is 2.62. The lowest BCUT2D eigenvalue weighted by Crippen LogP contribution is -2.60. The summed E-state index contributed by atoms with van der Waals surface area (Å²) in [5, 5.41) is 0. The molecule has 0 spiro atoms. The molecule has 0 radical (unpaired) electrons. The molecule has 0 aromatic rings. The van der Waals surface area contributed by atoms with Gasteiger partial charge in [-0.15, -0.1) is 0 Å². The number of esters is 2. The van der Waals surface area contributed by atoms with Crippen LogP contribution in [-0.2, 0) is 19.1 Å². The summed E-state index contributed by atoms with van der Waals surface area (Å²) in [4.78, 5) is 29.8. The average molecular weight is 453 g/mol. The predicted octanol–water partition coefficient (Wildman–Crippen LogP) is 4.79. The summed E-state index contributed by atoms with van der Waals surface area (Å²) < 4.78 is 11.4. The SMILES string of the molecule is CN1C(C)(C)CC(OC(=O)CCCCOC(=O)C2CC(C)(C)N(C)C(C)(C)C2)CC1(C)C. The zero-order chi connectivity index (χ0) is 24.5. The molecule has 186 valence electrons. The van der Waals surface area contributed by atoms with Crippen molar-refractivity contribution in [3.05, 3.63) is 0 Å². The zero-order valence-electron chi connectivity index (χ0n) is 22.3. The van der Waals surface area contributed by atoms with Gasteiger partial charge in [0.1, 0.15) is 6.10 Å². The fourth-order valence-corrected chi connectivity index (χ4v) is 5.81. The Morgan fingerprint density at radius 2 is 1.19 bits per heavy atom. The van der Waals surface area contributed by atoms with Crippen LogP contribution in [0.4, 0.5) is 0 Å². The van der Waals surface area contributed by atoms with Crippen LogP contribution in [-0.4, -0.2) is 70.7 Å². The van der Waals surface area contributed by atoms with E-state index >= 15 is 0 Å². The molecule has 0 atom stereocenters. The first kappa shape index (κ1) is 27.1. The molecule has 6 nitrogen and oxygen atoms in total. The van der Waals surface area contributed by atoms with E-state index in [0.29, 0.717) is 25.9 Å². The van der Waals surface area contributed by atoms with Crippen LogP contribution in [0.2, 0.25) is 0 Å². The maximum atomic E-state index is 12.7. The maximum absolute atomic E-state index is 12.7. The molecule has 0 aliphatic carbocycles. The van der Waals surface area contributed by atoms with E-state index in [1.54, 1.807) is 0 Å². The molecule has 6 heteroatoms. The van der Waals surface area contributed by atoms with Gasteiger partial charge in [-0.1, -0.05) is 0 Å². The van der Waals surface area contributed by atoms with Crippen LogP contribution in [0.3, 0.4) is 0 Å². The molecule has 0 amide bonds. The van der Waals surface area contributed by atoms with Crippen molar-refractivity contribution in [1.82, 2.24) is 9.80 Å². The molecule has 0 bridgehead atoms. The largest absolute Gasteiger partial charge is 0.465 e. The van der Waals surface area contributed by atoms with Crippen molar-refractivity contribution in [2.75, 3.05) is 20.7 Å². The van der Waals surface area contributed by atoms with E-state index in [4.69, 9.17) is 9.47 Å². The van der Waals surface area contributed by atoms with E-state index in [2.05, 4.69) is 79.3 Å². The molecule has 2 fully saturated rings. The molecule has 32 heavy (non-hydrogen) atoms. The van der Waals surface area contributed by atoms with Gasteiger partial charge in [-0.2, -0.15) is 0 Å². The lowest BCUT2D eigenvalue weighted by Gasteiger charge is -2.53. The Balaban J connectivity index is 1.71. The van der Waals surface area contributed by atoms with Crippen LogP contribution >= 0.6 is 0 Å². The van der Waals surface area contributed by atoms with E-state index in [1.165, 1.54) is 0 Å². The number of rotatable bonds is 7. The third-order valence-electron chi connectivity index (χ3n) is 8.23. The Morgan fingerprint density at radius 3 is 1.66 bits per heavy atom. The Kier molecular flexibility index (Phi) is 8.14. The normalized spacial score (nSPS) is 25.9. The van der Waals surface area contributed by atoms with Gasteiger partial charge in [0, 0.05) is 41.4 Å². The lowest BCUT2D eigenvalue weighted by atomic mass is 9.74. The predicted molar refractivity (Wildman–Crippen MR) is 128 cm³/mol. The summed E-state index contributed by atoms with van der Waals surface area (Å²) in [7, 11) is 4.28. The van der Waals surface area contributed by atoms with E-state index < -0.39 is 0 Å². The van der Waals surface area contributed by atoms with E-state index in [-0.39, 0.29) is 46.1 Å². The first-order valence-corrected chi connectivity index (χ1v) is 12.3. The molecule has 0 aromatic heterocycles. The van der Waals surface area contributed by atoms with Crippen molar-refractivity contribution in [2.24, 2.45) is 5.92 Å². The molecule has 0 saturated carbocycles. The third kappa shape index (κ3) is 6.47. The molecule has 2 heterocycles. The Morgan fingerprint density at radius 1 is 0.750 bits per heavy atom. The highest BCUT2D eigenvalue weighted by Gasteiger charge is 2.46. The van der Waals surface area contributed by atoms with Crippen LogP contribution in [0.1, 0.15) is 100 Å². The molecule has 2 saturated heterocycles. The van der Waals surface area contributed by atoms with Gasteiger partial charge < -0.3 is 9.47 Å². The molecular weight excluding hydrogens is 404 g/mol. The van der Waals surface area contributed by atoms with Gasteiger partial charge in [-0.3, -0.25) is 19.4 Å². The number of hydrogen-bond acceptors (Lipinski definition) is 6. The Hall–Kier alpha value is -1.14. The van der Waals surface area contributed by atoms with E-state index in [1.807, 2.05) is 0 Å².